The maximum Gasteiger partial charge on any atom is 0.325 e. The molecule has 3 heterocycles. The van der Waals surface area contributed by atoms with Crippen molar-refractivity contribution in [3.8, 4) is 11.5 Å². The first-order chi connectivity index (χ1) is 13.5. The van der Waals surface area contributed by atoms with Crippen molar-refractivity contribution in [3.63, 3.8) is 0 Å². The number of carbonyl (C=O) groups excluding carboxylic acids is 2. The number of nitrogens with zero attached hydrogens (tertiary/aromatic N) is 2. The first-order valence-corrected chi connectivity index (χ1v) is 9.95. The number of amides is 3. The zero-order valence-electron chi connectivity index (χ0n) is 14.6. The van der Waals surface area contributed by atoms with E-state index in [9.17, 15) is 14.4 Å². The van der Waals surface area contributed by atoms with Crippen molar-refractivity contribution in [2.24, 2.45) is 7.05 Å². The van der Waals surface area contributed by atoms with Crippen LogP contribution in [0.1, 0.15) is 0 Å². The van der Waals surface area contributed by atoms with Gasteiger partial charge < -0.3 is 14.8 Å². The van der Waals surface area contributed by atoms with Gasteiger partial charge in [-0.25, -0.2) is 9.78 Å². The lowest BCUT2D eigenvalue weighted by atomic mass is 10.3. The van der Waals surface area contributed by atoms with Gasteiger partial charge >= 0.3 is 6.03 Å². The number of anilines is 1. The zero-order valence-corrected chi connectivity index (χ0v) is 16.2. The molecule has 0 saturated heterocycles. The predicted molar refractivity (Wildman–Crippen MR) is 105 cm³/mol. The number of hydrogen-bond acceptors (Lipinski definition) is 8. The Bertz CT molecular complexity index is 1140. The number of thioether (sulfide) groups is 1. The molecule has 2 aromatic heterocycles. The molecule has 9 nitrogen and oxygen atoms in total. The molecule has 0 unspecified atom stereocenters. The summed E-state index contributed by atoms with van der Waals surface area (Å²) in [5.41, 5.74) is 0.897. The fourth-order valence-corrected chi connectivity index (χ4v) is 4.10. The van der Waals surface area contributed by atoms with Gasteiger partial charge in [-0.2, -0.15) is 0 Å². The molecular formula is C17H14N4O5S2. The molecule has 3 amide bonds. The highest BCUT2D eigenvalue weighted by molar-refractivity contribution is 7.99. The summed E-state index contributed by atoms with van der Waals surface area (Å²) in [7, 11) is 1.60. The minimum atomic E-state index is -0.667. The fourth-order valence-electron chi connectivity index (χ4n) is 2.53. The Morgan fingerprint density at radius 2 is 2.11 bits per heavy atom. The van der Waals surface area contributed by atoms with Crippen LogP contribution in [0.15, 0.2) is 39.6 Å². The highest BCUT2D eigenvalue weighted by Gasteiger charge is 2.16. The third kappa shape index (κ3) is 3.66. The van der Waals surface area contributed by atoms with Gasteiger partial charge in [0.05, 0.1) is 11.3 Å². The Morgan fingerprint density at radius 3 is 2.96 bits per heavy atom. The number of rotatable bonds is 4. The predicted octanol–water partition coefficient (Wildman–Crippen LogP) is 2.16. The smallest absolute Gasteiger partial charge is 0.325 e. The van der Waals surface area contributed by atoms with Crippen LogP contribution >= 0.6 is 23.1 Å². The van der Waals surface area contributed by atoms with Gasteiger partial charge in [0.1, 0.15) is 4.70 Å². The van der Waals surface area contributed by atoms with Crippen LogP contribution in [-0.4, -0.2) is 34.0 Å². The summed E-state index contributed by atoms with van der Waals surface area (Å²) in [5, 5.41) is 6.99. The van der Waals surface area contributed by atoms with Gasteiger partial charge in [0.2, 0.25) is 12.7 Å². The number of benzene rings is 1. The number of carbonyl (C=O) groups is 2. The molecule has 0 spiro atoms. The molecule has 0 bridgehead atoms. The highest BCUT2D eigenvalue weighted by atomic mass is 32.2. The highest BCUT2D eigenvalue weighted by Crippen LogP contribution is 2.34. The summed E-state index contributed by atoms with van der Waals surface area (Å²) < 4.78 is 12.4. The molecule has 3 aromatic rings. The standard InChI is InChI=1S/C17H14N4O5S2/c1-21-15(23)14-10(4-5-27-14)19-17(21)28-7-13(22)20-16(24)18-9-2-3-11-12(6-9)26-8-25-11/h2-6H,7-8H2,1H3,(H2,18,20,22,24). The number of ether oxygens (including phenoxy) is 2. The van der Waals surface area contributed by atoms with Crippen LogP contribution in [0.4, 0.5) is 10.5 Å². The summed E-state index contributed by atoms with van der Waals surface area (Å²) in [6.07, 6.45) is 0. The molecule has 0 radical (unpaired) electrons. The van der Waals surface area contributed by atoms with Crippen LogP contribution in [-0.2, 0) is 11.8 Å². The molecule has 144 valence electrons. The van der Waals surface area contributed by atoms with Gasteiger partial charge in [0.15, 0.2) is 16.7 Å². The quantitative estimate of drug-likeness (QED) is 0.493. The number of fused-ring (bicyclic) bond motifs is 2. The minimum absolute atomic E-state index is 0.0650. The van der Waals surface area contributed by atoms with Gasteiger partial charge in [-0.15, -0.1) is 11.3 Å². The van der Waals surface area contributed by atoms with E-state index in [2.05, 4.69) is 15.6 Å². The van der Waals surface area contributed by atoms with Crippen LogP contribution in [0.3, 0.4) is 0 Å². The van der Waals surface area contributed by atoms with Crippen molar-refractivity contribution in [1.82, 2.24) is 14.9 Å². The molecule has 1 aromatic carbocycles. The molecule has 28 heavy (non-hydrogen) atoms. The SMILES string of the molecule is Cn1c(SCC(=O)NC(=O)Nc2ccc3c(c2)OCO3)nc2ccsc2c1=O. The summed E-state index contributed by atoms with van der Waals surface area (Å²) in [5.74, 6) is 0.544. The van der Waals surface area contributed by atoms with Crippen molar-refractivity contribution in [2.45, 2.75) is 5.16 Å². The van der Waals surface area contributed by atoms with E-state index in [0.717, 1.165) is 11.8 Å². The van der Waals surface area contributed by atoms with Crippen LogP contribution in [0.2, 0.25) is 0 Å². The molecule has 0 fully saturated rings. The summed E-state index contributed by atoms with van der Waals surface area (Å²) in [4.78, 5) is 40.7. The van der Waals surface area contributed by atoms with Gasteiger partial charge in [-0.3, -0.25) is 19.5 Å². The van der Waals surface area contributed by atoms with E-state index in [-0.39, 0.29) is 18.1 Å². The number of urea groups is 1. The van der Waals surface area contributed by atoms with Gasteiger partial charge in [0.25, 0.3) is 5.56 Å². The average molecular weight is 418 g/mol. The third-order valence-corrected chi connectivity index (χ3v) is 5.78. The second-order valence-electron chi connectivity index (χ2n) is 5.75. The fraction of sp³-hybridized carbons (Fsp3) is 0.176. The molecular weight excluding hydrogens is 404 g/mol. The lowest BCUT2D eigenvalue weighted by Crippen LogP contribution is -2.35. The largest absolute Gasteiger partial charge is 0.454 e. The van der Waals surface area contributed by atoms with E-state index >= 15 is 0 Å². The second kappa shape index (κ2) is 7.52. The van der Waals surface area contributed by atoms with E-state index in [1.807, 2.05) is 0 Å². The van der Waals surface area contributed by atoms with E-state index in [1.54, 1.807) is 36.7 Å². The number of imide groups is 1. The Hall–Kier alpha value is -3.05. The van der Waals surface area contributed by atoms with Crippen LogP contribution < -0.4 is 25.7 Å². The van der Waals surface area contributed by atoms with Crippen molar-refractivity contribution in [2.75, 3.05) is 17.9 Å². The second-order valence-corrected chi connectivity index (χ2v) is 7.61. The van der Waals surface area contributed by atoms with E-state index in [0.29, 0.717) is 32.6 Å². The monoisotopic (exact) mass is 418 g/mol. The lowest BCUT2D eigenvalue weighted by molar-refractivity contribution is -0.117. The van der Waals surface area contributed by atoms with Crippen LogP contribution in [0, 0.1) is 0 Å². The molecule has 1 aliphatic rings. The third-order valence-electron chi connectivity index (χ3n) is 3.86. The van der Waals surface area contributed by atoms with Crippen LogP contribution in [0.25, 0.3) is 10.2 Å². The Labute approximate surface area is 166 Å². The van der Waals surface area contributed by atoms with Crippen molar-refractivity contribution in [3.05, 3.63) is 40.0 Å². The number of thiophene rings is 1. The van der Waals surface area contributed by atoms with Gasteiger partial charge in [-0.05, 0) is 23.6 Å². The Balaban J connectivity index is 1.35. The molecule has 0 saturated carbocycles. The molecule has 0 aliphatic carbocycles. The average Bonchev–Trinajstić information content (AvgIpc) is 3.32. The number of nitrogens with one attached hydrogen (secondary N) is 2. The summed E-state index contributed by atoms with van der Waals surface area (Å²) in [6.45, 7) is 0.133. The molecule has 2 N–H and O–H groups in total. The van der Waals surface area contributed by atoms with E-state index in [1.165, 1.54) is 15.9 Å². The zero-order chi connectivity index (χ0) is 19.7. The van der Waals surface area contributed by atoms with E-state index in [4.69, 9.17) is 9.47 Å². The summed E-state index contributed by atoms with van der Waals surface area (Å²) >= 11 is 2.40. The summed E-state index contributed by atoms with van der Waals surface area (Å²) in [6, 6.07) is 6.01. The molecule has 1 aliphatic heterocycles. The van der Waals surface area contributed by atoms with Crippen molar-refractivity contribution >= 4 is 50.9 Å². The van der Waals surface area contributed by atoms with Gasteiger partial charge in [-0.1, -0.05) is 11.8 Å². The maximum atomic E-state index is 12.3. The topological polar surface area (TPSA) is 112 Å². The lowest BCUT2D eigenvalue weighted by Gasteiger charge is -2.08. The Kier molecular flexibility index (Phi) is 4.92. The molecule has 11 heteroatoms. The maximum absolute atomic E-state index is 12.3. The van der Waals surface area contributed by atoms with Crippen LogP contribution in [0.5, 0.6) is 11.5 Å². The first-order valence-electron chi connectivity index (χ1n) is 8.09. The van der Waals surface area contributed by atoms with E-state index < -0.39 is 11.9 Å². The normalized spacial score (nSPS) is 12.2. The molecule has 4 rings (SSSR count). The van der Waals surface area contributed by atoms with Crippen molar-refractivity contribution in [1.29, 1.82) is 0 Å². The number of aromatic nitrogens is 2. The first kappa shape index (κ1) is 18.3. The molecule has 0 atom stereocenters. The van der Waals surface area contributed by atoms with Crippen molar-refractivity contribution < 1.29 is 19.1 Å². The van der Waals surface area contributed by atoms with Gasteiger partial charge in [0, 0.05) is 18.8 Å². The minimum Gasteiger partial charge on any atom is -0.454 e. The Morgan fingerprint density at radius 1 is 1.29 bits per heavy atom. The number of hydrogen-bond donors (Lipinski definition) is 2.